The van der Waals surface area contributed by atoms with Crippen molar-refractivity contribution in [1.29, 1.82) is 0 Å². The summed E-state index contributed by atoms with van der Waals surface area (Å²) < 4.78 is 5.54. The van der Waals surface area contributed by atoms with Crippen LogP contribution in [-0.2, 0) is 0 Å². The third-order valence-electron chi connectivity index (χ3n) is 4.33. The van der Waals surface area contributed by atoms with E-state index in [4.69, 9.17) is 4.42 Å². The molecular formula is C20H13NO. The minimum atomic E-state index is 0.922. The average Bonchev–Trinajstić information content (AvgIpc) is 3.18. The van der Waals surface area contributed by atoms with Crippen LogP contribution in [0.2, 0.25) is 0 Å². The van der Waals surface area contributed by atoms with Gasteiger partial charge in [0, 0.05) is 27.2 Å². The van der Waals surface area contributed by atoms with Gasteiger partial charge in [-0.05, 0) is 23.8 Å². The maximum absolute atomic E-state index is 5.54. The lowest BCUT2D eigenvalue weighted by Crippen LogP contribution is -1.81. The van der Waals surface area contributed by atoms with Gasteiger partial charge in [-0.25, -0.2) is 0 Å². The summed E-state index contributed by atoms with van der Waals surface area (Å²) in [7, 11) is 0. The smallest absolute Gasteiger partial charge is 0.134 e. The first-order valence-electron chi connectivity index (χ1n) is 7.38. The molecule has 0 radical (unpaired) electrons. The quantitative estimate of drug-likeness (QED) is 0.418. The molecule has 2 heteroatoms. The van der Waals surface area contributed by atoms with Gasteiger partial charge in [-0.3, -0.25) is 0 Å². The molecule has 0 amide bonds. The maximum atomic E-state index is 5.54. The van der Waals surface area contributed by atoms with Gasteiger partial charge < -0.3 is 9.40 Å². The van der Waals surface area contributed by atoms with E-state index in [9.17, 15) is 0 Å². The summed E-state index contributed by atoms with van der Waals surface area (Å²) in [6.07, 6.45) is 1.75. The van der Waals surface area contributed by atoms with Gasteiger partial charge in [0.15, 0.2) is 0 Å². The van der Waals surface area contributed by atoms with Gasteiger partial charge in [0.05, 0.1) is 11.8 Å². The molecule has 0 saturated carbocycles. The monoisotopic (exact) mass is 283 g/mol. The molecule has 2 heterocycles. The second kappa shape index (κ2) is 4.25. The summed E-state index contributed by atoms with van der Waals surface area (Å²) in [5.74, 6) is 0. The van der Waals surface area contributed by atoms with Gasteiger partial charge in [-0.2, -0.15) is 0 Å². The minimum Gasteiger partial charge on any atom is -0.464 e. The Hall–Kier alpha value is -3.00. The molecule has 3 aromatic carbocycles. The van der Waals surface area contributed by atoms with Crippen LogP contribution < -0.4 is 0 Å². The van der Waals surface area contributed by atoms with Crippen LogP contribution in [0.1, 0.15) is 0 Å². The molecule has 1 N–H and O–H groups in total. The molecule has 2 aromatic heterocycles. The normalized spacial score (nSPS) is 11.6. The van der Waals surface area contributed by atoms with E-state index < -0.39 is 0 Å². The summed E-state index contributed by atoms with van der Waals surface area (Å²) >= 11 is 0. The number of aromatic amines is 1. The number of hydrogen-bond donors (Lipinski definition) is 1. The number of hydrogen-bond acceptors (Lipinski definition) is 1. The highest BCUT2D eigenvalue weighted by Gasteiger charge is 2.12. The average molecular weight is 283 g/mol. The maximum Gasteiger partial charge on any atom is 0.134 e. The van der Waals surface area contributed by atoms with Crippen molar-refractivity contribution >= 4 is 32.8 Å². The Bertz CT molecular complexity index is 1130. The molecule has 2 nitrogen and oxygen atoms in total. The Morgan fingerprint density at radius 2 is 1.45 bits per heavy atom. The molecule has 0 atom stereocenters. The number of benzene rings is 3. The molecule has 0 unspecified atom stereocenters. The summed E-state index contributed by atoms with van der Waals surface area (Å²) in [5.41, 5.74) is 5.68. The number of furan rings is 1. The topological polar surface area (TPSA) is 28.9 Å². The van der Waals surface area contributed by atoms with E-state index in [1.165, 1.54) is 32.9 Å². The molecule has 0 aliphatic carbocycles. The van der Waals surface area contributed by atoms with Crippen LogP contribution >= 0.6 is 0 Å². The highest BCUT2D eigenvalue weighted by molar-refractivity contribution is 6.13. The van der Waals surface area contributed by atoms with E-state index in [0.29, 0.717) is 0 Å². The summed E-state index contributed by atoms with van der Waals surface area (Å²) in [5, 5.41) is 3.67. The fourth-order valence-corrected chi connectivity index (χ4v) is 3.33. The number of fused-ring (bicyclic) bond motifs is 4. The minimum absolute atomic E-state index is 0.922. The Balaban J connectivity index is 1.94. The summed E-state index contributed by atoms with van der Waals surface area (Å²) in [6, 6.07) is 23.1. The lowest BCUT2D eigenvalue weighted by Gasteiger charge is -2.05. The second-order valence-corrected chi connectivity index (χ2v) is 5.54. The number of aromatic nitrogens is 1. The molecule has 0 spiro atoms. The summed E-state index contributed by atoms with van der Waals surface area (Å²) in [4.78, 5) is 3.57. The van der Waals surface area contributed by atoms with Crippen molar-refractivity contribution in [3.05, 3.63) is 73.0 Å². The van der Waals surface area contributed by atoms with Gasteiger partial charge in [0.25, 0.3) is 0 Å². The van der Waals surface area contributed by atoms with E-state index in [1.807, 2.05) is 18.2 Å². The standard InChI is InChI=1S/C20H13NO/c1-2-9-18-14(5-1)17-8-3-7-16(20(17)21-18)13-6-4-10-19-15(13)11-12-22-19/h1-12,21H. The van der Waals surface area contributed by atoms with E-state index >= 15 is 0 Å². The van der Waals surface area contributed by atoms with Crippen LogP contribution in [0.25, 0.3) is 43.9 Å². The summed E-state index contributed by atoms with van der Waals surface area (Å²) in [6.45, 7) is 0. The SMILES string of the molecule is c1ccc2c(c1)[nH]c1c(-c3cccc4occc34)cccc12. The molecule has 5 aromatic rings. The molecular weight excluding hydrogens is 270 g/mol. The van der Waals surface area contributed by atoms with Crippen LogP contribution in [0, 0.1) is 0 Å². The third kappa shape index (κ3) is 1.49. The largest absolute Gasteiger partial charge is 0.464 e. The molecule has 0 bridgehead atoms. The zero-order valence-corrected chi connectivity index (χ0v) is 11.8. The number of para-hydroxylation sites is 2. The van der Waals surface area contributed by atoms with Crippen molar-refractivity contribution in [2.75, 3.05) is 0 Å². The molecule has 22 heavy (non-hydrogen) atoms. The van der Waals surface area contributed by atoms with E-state index in [-0.39, 0.29) is 0 Å². The van der Waals surface area contributed by atoms with Crippen molar-refractivity contribution in [1.82, 2.24) is 4.98 Å². The Morgan fingerprint density at radius 1 is 0.636 bits per heavy atom. The van der Waals surface area contributed by atoms with Crippen molar-refractivity contribution in [3.8, 4) is 11.1 Å². The zero-order chi connectivity index (χ0) is 14.5. The molecule has 5 rings (SSSR count). The molecule has 0 aliphatic heterocycles. The number of H-pyrrole nitrogens is 1. The Morgan fingerprint density at radius 3 is 2.45 bits per heavy atom. The van der Waals surface area contributed by atoms with Gasteiger partial charge in [-0.15, -0.1) is 0 Å². The number of rotatable bonds is 1. The van der Waals surface area contributed by atoms with Gasteiger partial charge >= 0.3 is 0 Å². The van der Waals surface area contributed by atoms with Gasteiger partial charge in [0.2, 0.25) is 0 Å². The predicted octanol–water partition coefficient (Wildman–Crippen LogP) is 5.73. The highest BCUT2D eigenvalue weighted by Crippen LogP contribution is 2.36. The van der Waals surface area contributed by atoms with Crippen LogP contribution in [0.3, 0.4) is 0 Å². The van der Waals surface area contributed by atoms with Crippen molar-refractivity contribution < 1.29 is 4.42 Å². The third-order valence-corrected chi connectivity index (χ3v) is 4.33. The molecule has 0 aliphatic rings. The van der Waals surface area contributed by atoms with Crippen molar-refractivity contribution in [3.63, 3.8) is 0 Å². The van der Waals surface area contributed by atoms with E-state index in [2.05, 4.69) is 53.5 Å². The van der Waals surface area contributed by atoms with E-state index in [1.54, 1.807) is 6.26 Å². The molecule has 0 saturated heterocycles. The van der Waals surface area contributed by atoms with Crippen LogP contribution in [-0.4, -0.2) is 4.98 Å². The van der Waals surface area contributed by atoms with Crippen molar-refractivity contribution in [2.45, 2.75) is 0 Å². The first-order valence-corrected chi connectivity index (χ1v) is 7.38. The lowest BCUT2D eigenvalue weighted by atomic mass is 9.99. The van der Waals surface area contributed by atoms with Crippen LogP contribution in [0.15, 0.2) is 77.4 Å². The zero-order valence-electron chi connectivity index (χ0n) is 11.8. The Kier molecular flexibility index (Phi) is 2.25. The van der Waals surface area contributed by atoms with Gasteiger partial charge in [-0.1, -0.05) is 48.5 Å². The van der Waals surface area contributed by atoms with Gasteiger partial charge in [0.1, 0.15) is 5.58 Å². The van der Waals surface area contributed by atoms with E-state index in [0.717, 1.165) is 11.0 Å². The number of nitrogens with one attached hydrogen (secondary N) is 1. The predicted molar refractivity (Wildman–Crippen MR) is 91.0 cm³/mol. The second-order valence-electron chi connectivity index (χ2n) is 5.54. The molecule has 104 valence electrons. The highest BCUT2D eigenvalue weighted by atomic mass is 16.3. The fraction of sp³-hybridized carbons (Fsp3) is 0. The molecule has 0 fully saturated rings. The fourth-order valence-electron chi connectivity index (χ4n) is 3.33. The first-order chi connectivity index (χ1) is 10.9. The lowest BCUT2D eigenvalue weighted by molar-refractivity contribution is 0.616. The van der Waals surface area contributed by atoms with Crippen LogP contribution in [0.5, 0.6) is 0 Å². The van der Waals surface area contributed by atoms with Crippen molar-refractivity contribution in [2.24, 2.45) is 0 Å². The first kappa shape index (κ1) is 11.6. The van der Waals surface area contributed by atoms with Crippen LogP contribution in [0.4, 0.5) is 0 Å². The Labute approximate surface area is 127 Å².